The lowest BCUT2D eigenvalue weighted by Gasteiger charge is -2.35. The maximum Gasteiger partial charge on any atom is 0.254 e. The fraction of sp³-hybridized carbons (Fsp3) is 0.562. The Labute approximate surface area is 160 Å². The molecule has 0 unspecified atom stereocenters. The lowest BCUT2D eigenvalue weighted by atomic mass is 9.71. The van der Waals surface area contributed by atoms with Crippen LogP contribution in [0, 0.1) is 5.41 Å². The highest BCUT2D eigenvalue weighted by Crippen LogP contribution is 2.38. The molecule has 2 amide bonds. The van der Waals surface area contributed by atoms with Crippen molar-refractivity contribution in [2.45, 2.75) is 38.5 Å². The molecule has 142 valence electrons. The van der Waals surface area contributed by atoms with Crippen LogP contribution >= 0.6 is 24.8 Å². The van der Waals surface area contributed by atoms with Gasteiger partial charge in [0.25, 0.3) is 5.91 Å². The summed E-state index contributed by atoms with van der Waals surface area (Å²) >= 11 is 0. The second-order valence-corrected chi connectivity index (χ2v) is 6.13. The number of ether oxygens (including phenoxy) is 1. The van der Waals surface area contributed by atoms with Crippen LogP contribution in [0.15, 0.2) is 12.3 Å². The minimum atomic E-state index is -0.656. The number of methoxy groups -OCH3 is 1. The first-order valence-electron chi connectivity index (χ1n) is 7.83. The van der Waals surface area contributed by atoms with Gasteiger partial charge >= 0.3 is 0 Å². The third-order valence-electron chi connectivity index (χ3n) is 4.48. The van der Waals surface area contributed by atoms with Gasteiger partial charge in [0, 0.05) is 6.42 Å². The number of nitrogens with one attached hydrogen (secondary N) is 1. The van der Waals surface area contributed by atoms with Crippen molar-refractivity contribution in [3.05, 3.63) is 17.8 Å². The van der Waals surface area contributed by atoms with Crippen LogP contribution in [0.5, 0.6) is 5.88 Å². The number of nitrogens with zero attached hydrogens (tertiary/aromatic N) is 1. The molecular weight excluding hydrogens is 367 g/mol. The quantitative estimate of drug-likeness (QED) is 0.685. The number of anilines is 1. The second kappa shape index (κ2) is 10.4. The number of hydrogen-bond donors (Lipinski definition) is 3. The molecule has 0 aliphatic heterocycles. The van der Waals surface area contributed by atoms with Crippen LogP contribution in [-0.4, -0.2) is 30.5 Å². The number of carbonyl (C=O) groups excluding carboxylic acids is 2. The first-order valence-corrected chi connectivity index (χ1v) is 7.83. The minimum Gasteiger partial charge on any atom is -0.480 e. The molecule has 9 heteroatoms. The molecule has 1 aromatic heterocycles. The van der Waals surface area contributed by atoms with Gasteiger partial charge in [0.2, 0.25) is 11.8 Å². The molecule has 7 nitrogen and oxygen atoms in total. The predicted octanol–water partition coefficient (Wildman–Crippen LogP) is 2.27. The second-order valence-electron chi connectivity index (χ2n) is 6.13. The van der Waals surface area contributed by atoms with E-state index in [1.807, 2.05) is 0 Å². The summed E-state index contributed by atoms with van der Waals surface area (Å²) < 4.78 is 4.98. The van der Waals surface area contributed by atoms with Crippen molar-refractivity contribution in [3.63, 3.8) is 0 Å². The lowest BCUT2D eigenvalue weighted by molar-refractivity contribution is -0.118. The zero-order valence-corrected chi connectivity index (χ0v) is 15.9. The van der Waals surface area contributed by atoms with Crippen molar-refractivity contribution in [2.24, 2.45) is 16.9 Å². The van der Waals surface area contributed by atoms with Crippen LogP contribution in [0.3, 0.4) is 0 Å². The Balaban J connectivity index is 0.00000288. The van der Waals surface area contributed by atoms with Gasteiger partial charge in [-0.2, -0.15) is 0 Å². The van der Waals surface area contributed by atoms with E-state index >= 15 is 0 Å². The summed E-state index contributed by atoms with van der Waals surface area (Å²) in [6.45, 7) is 0.508. The predicted molar refractivity (Wildman–Crippen MR) is 102 cm³/mol. The standard InChI is InChI=1S/C16H24N4O3.2ClH/c1-23-15-12(14(18)22)7-11(9-19-15)20-13(21)8-16(10-17)5-3-2-4-6-16;;/h7,9H,2-6,8,10,17H2,1H3,(H2,18,22)(H,20,21);2*1H. The van der Waals surface area contributed by atoms with E-state index in [9.17, 15) is 9.59 Å². The molecule has 1 aromatic rings. The Kier molecular flexibility index (Phi) is 9.77. The van der Waals surface area contributed by atoms with E-state index in [4.69, 9.17) is 16.2 Å². The van der Waals surface area contributed by atoms with Gasteiger partial charge in [0.15, 0.2) is 0 Å². The molecule has 0 radical (unpaired) electrons. The molecule has 0 atom stereocenters. The highest BCUT2D eigenvalue weighted by atomic mass is 35.5. The molecule has 1 fully saturated rings. The molecular formula is C16H26Cl2N4O3. The van der Waals surface area contributed by atoms with Crippen molar-refractivity contribution in [2.75, 3.05) is 19.0 Å². The zero-order valence-electron chi connectivity index (χ0n) is 14.2. The fourth-order valence-electron chi connectivity index (χ4n) is 3.16. The van der Waals surface area contributed by atoms with E-state index in [-0.39, 0.29) is 47.6 Å². The van der Waals surface area contributed by atoms with E-state index in [0.717, 1.165) is 25.7 Å². The molecule has 0 spiro atoms. The summed E-state index contributed by atoms with van der Waals surface area (Å²) in [5, 5.41) is 2.77. The molecule has 25 heavy (non-hydrogen) atoms. The monoisotopic (exact) mass is 392 g/mol. The van der Waals surface area contributed by atoms with E-state index < -0.39 is 5.91 Å². The first kappa shape index (κ1) is 23.4. The summed E-state index contributed by atoms with van der Waals surface area (Å²) in [7, 11) is 1.40. The largest absolute Gasteiger partial charge is 0.480 e. The lowest BCUT2D eigenvalue weighted by Crippen LogP contribution is -2.36. The van der Waals surface area contributed by atoms with Crippen LogP contribution in [0.2, 0.25) is 0 Å². The van der Waals surface area contributed by atoms with Crippen molar-refractivity contribution in [1.82, 2.24) is 4.98 Å². The number of halogens is 2. The summed E-state index contributed by atoms with van der Waals surface area (Å²) in [6, 6.07) is 1.47. The Morgan fingerprint density at radius 3 is 2.44 bits per heavy atom. The third kappa shape index (κ3) is 6.02. The van der Waals surface area contributed by atoms with Crippen molar-refractivity contribution in [3.8, 4) is 5.88 Å². The molecule has 1 heterocycles. The summed E-state index contributed by atoms with van der Waals surface area (Å²) in [5.74, 6) is -0.642. The normalized spacial score (nSPS) is 15.3. The molecule has 1 aliphatic carbocycles. The van der Waals surface area contributed by atoms with Gasteiger partial charge in [-0.1, -0.05) is 19.3 Å². The van der Waals surface area contributed by atoms with Crippen molar-refractivity contribution >= 4 is 42.3 Å². The van der Waals surface area contributed by atoms with Gasteiger partial charge in [-0.05, 0) is 30.9 Å². The Bertz CT molecular complexity index is 593. The van der Waals surface area contributed by atoms with E-state index in [0.29, 0.717) is 18.7 Å². The van der Waals surface area contributed by atoms with Gasteiger partial charge < -0.3 is 21.5 Å². The number of nitrogens with two attached hydrogens (primary N) is 2. The van der Waals surface area contributed by atoms with E-state index in [1.165, 1.54) is 25.8 Å². The number of pyridine rings is 1. The van der Waals surface area contributed by atoms with Gasteiger partial charge in [0.1, 0.15) is 5.56 Å². The maximum absolute atomic E-state index is 12.3. The zero-order chi connectivity index (χ0) is 16.9. The number of primary amides is 1. The highest BCUT2D eigenvalue weighted by Gasteiger charge is 2.33. The van der Waals surface area contributed by atoms with Gasteiger partial charge in [-0.15, -0.1) is 24.8 Å². The van der Waals surface area contributed by atoms with E-state index in [2.05, 4.69) is 10.3 Å². The number of aromatic nitrogens is 1. The summed E-state index contributed by atoms with van der Waals surface area (Å²) in [4.78, 5) is 27.7. The van der Waals surface area contributed by atoms with Crippen LogP contribution in [0.1, 0.15) is 48.9 Å². The Morgan fingerprint density at radius 1 is 1.28 bits per heavy atom. The van der Waals surface area contributed by atoms with Gasteiger partial charge in [-0.3, -0.25) is 9.59 Å². The Hall–Kier alpha value is -1.57. The molecule has 1 saturated carbocycles. The minimum absolute atomic E-state index is 0. The van der Waals surface area contributed by atoms with Crippen molar-refractivity contribution in [1.29, 1.82) is 0 Å². The smallest absolute Gasteiger partial charge is 0.254 e. The highest BCUT2D eigenvalue weighted by molar-refractivity contribution is 5.97. The third-order valence-corrected chi connectivity index (χ3v) is 4.48. The van der Waals surface area contributed by atoms with Crippen LogP contribution in [-0.2, 0) is 4.79 Å². The number of rotatable bonds is 6. The summed E-state index contributed by atoms with van der Waals surface area (Å²) in [5.41, 5.74) is 11.6. The van der Waals surface area contributed by atoms with Gasteiger partial charge in [0.05, 0.1) is 19.0 Å². The molecule has 1 aliphatic rings. The number of hydrogen-bond acceptors (Lipinski definition) is 5. The topological polar surface area (TPSA) is 120 Å². The molecule has 0 aromatic carbocycles. The van der Waals surface area contributed by atoms with Gasteiger partial charge in [-0.25, -0.2) is 4.98 Å². The molecule has 0 saturated heterocycles. The average Bonchev–Trinajstić information content (AvgIpc) is 2.55. The van der Waals surface area contributed by atoms with Crippen LogP contribution in [0.25, 0.3) is 0 Å². The molecule has 5 N–H and O–H groups in total. The molecule has 2 rings (SSSR count). The number of carbonyl (C=O) groups is 2. The number of amides is 2. The van der Waals surface area contributed by atoms with Crippen molar-refractivity contribution < 1.29 is 14.3 Å². The summed E-state index contributed by atoms with van der Waals surface area (Å²) in [6.07, 6.45) is 7.20. The molecule has 0 bridgehead atoms. The van der Waals surface area contributed by atoms with Crippen LogP contribution < -0.4 is 21.5 Å². The fourth-order valence-corrected chi connectivity index (χ4v) is 3.16. The SMILES string of the molecule is COc1ncc(NC(=O)CC2(CN)CCCCC2)cc1C(N)=O.Cl.Cl. The van der Waals surface area contributed by atoms with E-state index in [1.54, 1.807) is 0 Å². The average molecular weight is 393 g/mol. The maximum atomic E-state index is 12.3. The first-order chi connectivity index (χ1) is 11.0. The Morgan fingerprint density at radius 2 is 1.92 bits per heavy atom. The van der Waals surface area contributed by atoms with Crippen LogP contribution in [0.4, 0.5) is 5.69 Å².